The number of fused-ring (bicyclic) bond motifs is 3. The van der Waals surface area contributed by atoms with E-state index in [1.165, 1.54) is 10.6 Å². The van der Waals surface area contributed by atoms with Crippen molar-refractivity contribution in [3.63, 3.8) is 0 Å². The number of rotatable bonds is 5. The first-order valence-corrected chi connectivity index (χ1v) is 11.4. The van der Waals surface area contributed by atoms with E-state index in [9.17, 15) is 13.6 Å². The molecule has 1 aliphatic rings. The minimum atomic E-state index is -2.42. The van der Waals surface area contributed by atoms with Gasteiger partial charge in [-0.1, -0.05) is 23.7 Å². The van der Waals surface area contributed by atoms with Crippen LogP contribution in [-0.2, 0) is 24.7 Å². The fraction of sp³-hybridized carbons (Fsp3) is 0.217. The molecule has 1 aliphatic heterocycles. The van der Waals surface area contributed by atoms with Crippen LogP contribution >= 0.6 is 11.6 Å². The lowest BCUT2D eigenvalue weighted by atomic mass is 9.90. The summed E-state index contributed by atoms with van der Waals surface area (Å²) in [6.45, 7) is 1.96. The molecule has 1 aromatic heterocycles. The second kappa shape index (κ2) is 9.07. The van der Waals surface area contributed by atoms with E-state index in [0.717, 1.165) is 22.3 Å². The third-order valence-corrected chi connectivity index (χ3v) is 6.19. The van der Waals surface area contributed by atoms with Gasteiger partial charge in [0.2, 0.25) is 0 Å². The summed E-state index contributed by atoms with van der Waals surface area (Å²) in [5.41, 5.74) is 4.43. The molecule has 9 heteroatoms. The largest absolute Gasteiger partial charge is 0.760 e. The molecule has 2 aromatic carbocycles. The van der Waals surface area contributed by atoms with Crippen molar-refractivity contribution >= 4 is 28.6 Å². The van der Waals surface area contributed by atoms with E-state index >= 15 is 4.39 Å². The fourth-order valence-electron chi connectivity index (χ4n) is 3.88. The van der Waals surface area contributed by atoms with Crippen molar-refractivity contribution in [3.05, 3.63) is 92.1 Å². The van der Waals surface area contributed by atoms with Gasteiger partial charge in [-0.15, -0.1) is 0 Å². The van der Waals surface area contributed by atoms with Gasteiger partial charge in [0, 0.05) is 58.8 Å². The van der Waals surface area contributed by atoms with Gasteiger partial charge in [0.25, 0.3) is 5.56 Å². The van der Waals surface area contributed by atoms with Crippen molar-refractivity contribution in [2.24, 2.45) is 12.0 Å². The van der Waals surface area contributed by atoms with Gasteiger partial charge in [-0.05, 0) is 54.3 Å². The predicted molar refractivity (Wildman–Crippen MR) is 123 cm³/mol. The molecule has 1 unspecified atom stereocenters. The van der Waals surface area contributed by atoms with Gasteiger partial charge in [0.1, 0.15) is 5.82 Å². The first-order valence-electron chi connectivity index (χ1n) is 9.95. The summed E-state index contributed by atoms with van der Waals surface area (Å²) in [6.07, 6.45) is 1.91. The minimum absolute atomic E-state index is 0.0699. The molecule has 32 heavy (non-hydrogen) atoms. The smallest absolute Gasteiger partial charge is 0.250 e. The lowest BCUT2D eigenvalue weighted by molar-refractivity contribution is 0.522. The molecule has 166 valence electrons. The number of halogens is 2. The number of aliphatic imine (C=N–C) groups is 1. The van der Waals surface area contributed by atoms with E-state index < -0.39 is 17.1 Å². The quantitative estimate of drug-likeness (QED) is 0.574. The maximum atomic E-state index is 15.1. The third-order valence-electron chi connectivity index (χ3n) is 5.50. The first-order chi connectivity index (χ1) is 15.2. The van der Waals surface area contributed by atoms with Crippen molar-refractivity contribution in [2.75, 3.05) is 6.54 Å². The zero-order valence-corrected chi connectivity index (χ0v) is 19.0. The standard InChI is InChI=1S/C23H21ClFN3O3S/c1-13-17-11-22(29)28(2)12-20(17)18-9-15(7-8-26-32(30)31)21(25)10-19(18)23(27-13)14-3-5-16(24)6-4-14/h3-6,9-13,26H,7-8H2,1-2H3,(H,30,31)/p-1/t13-/m0/s1. The lowest BCUT2D eigenvalue weighted by Crippen LogP contribution is -2.20. The van der Waals surface area contributed by atoms with Crippen molar-refractivity contribution in [2.45, 2.75) is 19.4 Å². The molecule has 0 aliphatic carbocycles. The van der Waals surface area contributed by atoms with Crippen LogP contribution in [0.2, 0.25) is 5.02 Å². The third kappa shape index (κ3) is 4.45. The van der Waals surface area contributed by atoms with Crippen LogP contribution in [0.1, 0.15) is 35.2 Å². The second-order valence-corrected chi connectivity index (χ2v) is 8.81. The van der Waals surface area contributed by atoms with E-state index in [2.05, 4.69) is 4.72 Å². The summed E-state index contributed by atoms with van der Waals surface area (Å²) in [7, 11) is 1.66. The zero-order chi connectivity index (χ0) is 23.0. The van der Waals surface area contributed by atoms with Gasteiger partial charge in [-0.3, -0.25) is 14.0 Å². The number of pyridine rings is 1. The van der Waals surface area contributed by atoms with Crippen LogP contribution in [0.5, 0.6) is 0 Å². The van der Waals surface area contributed by atoms with Crippen molar-refractivity contribution in [1.29, 1.82) is 0 Å². The van der Waals surface area contributed by atoms with Gasteiger partial charge in [0.05, 0.1) is 11.8 Å². The van der Waals surface area contributed by atoms with Crippen molar-refractivity contribution in [3.8, 4) is 11.1 Å². The molecule has 1 N–H and O–H groups in total. The maximum Gasteiger partial charge on any atom is 0.250 e. The Morgan fingerprint density at radius 1 is 1.19 bits per heavy atom. The number of benzene rings is 2. The molecule has 0 saturated carbocycles. The minimum Gasteiger partial charge on any atom is -0.760 e. The molecular formula is C23H20ClFN3O3S-. The molecule has 0 bridgehead atoms. The topological polar surface area (TPSA) is 86.5 Å². The average molecular weight is 473 g/mol. The maximum absolute atomic E-state index is 15.1. The Morgan fingerprint density at radius 2 is 1.91 bits per heavy atom. The molecule has 0 amide bonds. The Kier molecular flexibility index (Phi) is 6.39. The lowest BCUT2D eigenvalue weighted by Gasteiger charge is -2.16. The van der Waals surface area contributed by atoms with Crippen LogP contribution in [0.15, 0.2) is 58.4 Å². The molecule has 0 fully saturated rings. The number of nitrogens with zero attached hydrogens (tertiary/aromatic N) is 2. The summed E-state index contributed by atoms with van der Waals surface area (Å²) in [5, 5.41) is 0.576. The fourth-order valence-corrected chi connectivity index (χ4v) is 4.28. The summed E-state index contributed by atoms with van der Waals surface area (Å²) >= 11 is 3.63. The van der Waals surface area contributed by atoms with Crippen molar-refractivity contribution < 1.29 is 13.2 Å². The molecule has 2 heterocycles. The summed E-state index contributed by atoms with van der Waals surface area (Å²) in [4.78, 5) is 17.2. The van der Waals surface area contributed by atoms with Crippen molar-refractivity contribution in [1.82, 2.24) is 9.29 Å². The highest BCUT2D eigenvalue weighted by Crippen LogP contribution is 2.38. The van der Waals surface area contributed by atoms with Gasteiger partial charge < -0.3 is 9.12 Å². The Bertz CT molecular complexity index is 1310. The Morgan fingerprint density at radius 3 is 2.59 bits per heavy atom. The summed E-state index contributed by atoms with van der Waals surface area (Å²) in [6, 6.07) is 11.5. The highest BCUT2D eigenvalue weighted by Gasteiger charge is 2.25. The molecule has 2 atom stereocenters. The van der Waals surface area contributed by atoms with E-state index in [-0.39, 0.29) is 24.6 Å². The Hall–Kier alpha value is -2.65. The van der Waals surface area contributed by atoms with Gasteiger partial charge in [0.15, 0.2) is 0 Å². The monoisotopic (exact) mass is 472 g/mol. The number of aryl methyl sites for hydroxylation is 1. The number of hydrogen-bond acceptors (Lipinski definition) is 4. The molecule has 4 rings (SSSR count). The molecule has 0 radical (unpaired) electrons. The Labute approximate surface area is 192 Å². The predicted octanol–water partition coefficient (Wildman–Crippen LogP) is 3.68. The molecule has 6 nitrogen and oxygen atoms in total. The van der Waals surface area contributed by atoms with Crippen LogP contribution in [0.3, 0.4) is 0 Å². The van der Waals surface area contributed by atoms with E-state index in [1.807, 2.05) is 19.1 Å². The number of hydrogen-bond donors (Lipinski definition) is 1. The summed E-state index contributed by atoms with van der Waals surface area (Å²) < 4.78 is 40.4. The van der Waals surface area contributed by atoms with E-state index in [4.69, 9.17) is 16.6 Å². The number of nitrogens with one attached hydrogen (secondary N) is 1. The second-order valence-electron chi connectivity index (χ2n) is 7.62. The highest BCUT2D eigenvalue weighted by atomic mass is 35.5. The van der Waals surface area contributed by atoms with Gasteiger partial charge in [-0.25, -0.2) is 9.11 Å². The van der Waals surface area contributed by atoms with E-state index in [0.29, 0.717) is 21.9 Å². The SMILES string of the molecule is C[C@@H]1N=C(c2ccc(Cl)cc2)c2cc(F)c(CCNS(=O)[O-])cc2-c2cn(C)c(=O)cc21. The van der Waals surface area contributed by atoms with Crippen LogP contribution in [0.25, 0.3) is 11.1 Å². The number of aromatic nitrogens is 1. The molecular weight excluding hydrogens is 453 g/mol. The first kappa shape index (κ1) is 22.5. The van der Waals surface area contributed by atoms with E-state index in [1.54, 1.807) is 37.5 Å². The van der Waals surface area contributed by atoms with Crippen LogP contribution in [0.4, 0.5) is 4.39 Å². The van der Waals surface area contributed by atoms with Crippen LogP contribution < -0.4 is 10.3 Å². The summed E-state index contributed by atoms with van der Waals surface area (Å²) in [5.74, 6) is -0.454. The average Bonchev–Trinajstić information content (AvgIpc) is 2.84. The Balaban J connectivity index is 1.95. The van der Waals surface area contributed by atoms with Gasteiger partial charge >= 0.3 is 0 Å². The molecule has 0 saturated heterocycles. The van der Waals surface area contributed by atoms with Crippen LogP contribution in [0, 0.1) is 5.82 Å². The van der Waals surface area contributed by atoms with Crippen LogP contribution in [-0.4, -0.2) is 25.6 Å². The highest BCUT2D eigenvalue weighted by molar-refractivity contribution is 7.77. The zero-order valence-electron chi connectivity index (χ0n) is 17.4. The molecule has 3 aromatic rings. The van der Waals surface area contributed by atoms with Gasteiger partial charge in [-0.2, -0.15) is 0 Å². The normalized spacial score (nSPS) is 16.0. The molecule has 0 spiro atoms.